The quantitative estimate of drug-likeness (QED) is 0.583. The molecule has 0 spiro atoms. The van der Waals surface area contributed by atoms with Crippen molar-refractivity contribution in [2.24, 2.45) is 7.05 Å². The monoisotopic (exact) mass is 410 g/mol. The molecule has 0 N–H and O–H groups in total. The van der Waals surface area contributed by atoms with Gasteiger partial charge < -0.3 is 4.90 Å². The molecule has 1 saturated heterocycles. The van der Waals surface area contributed by atoms with Crippen molar-refractivity contribution in [3.8, 4) is 5.82 Å². The lowest BCUT2D eigenvalue weighted by Gasteiger charge is -2.35. The molecule has 30 heavy (non-hydrogen) atoms. The highest BCUT2D eigenvalue weighted by Gasteiger charge is 2.18. The molecule has 158 valence electrons. The highest BCUT2D eigenvalue weighted by Crippen LogP contribution is 2.12. The Bertz CT molecular complexity index is 1150. The van der Waals surface area contributed by atoms with Crippen molar-refractivity contribution in [2.75, 3.05) is 37.6 Å². The van der Waals surface area contributed by atoms with E-state index in [9.17, 15) is 9.59 Å². The Morgan fingerprint density at radius 1 is 0.833 bits per heavy atom. The topological polar surface area (TPSA) is 94.1 Å². The van der Waals surface area contributed by atoms with Gasteiger partial charge in [0.2, 0.25) is 0 Å². The Balaban J connectivity index is 1.38. The van der Waals surface area contributed by atoms with Crippen LogP contribution in [0.2, 0.25) is 0 Å². The van der Waals surface area contributed by atoms with E-state index in [0.717, 1.165) is 49.9 Å². The Morgan fingerprint density at radius 3 is 2.20 bits per heavy atom. The number of hydrogen-bond donors (Lipinski definition) is 0. The molecule has 0 aromatic carbocycles. The number of aromatic nitrogens is 6. The van der Waals surface area contributed by atoms with Gasteiger partial charge in [0.25, 0.3) is 11.1 Å². The van der Waals surface area contributed by atoms with Gasteiger partial charge in [-0.1, -0.05) is 0 Å². The standard InChI is InChI=1S/C20H26N8O2/c1-15-14-16(2)28(21-15)18-5-7-20(30)27(23-18)13-10-25-8-11-26(12-9-25)17-4-6-19(29)24(3)22-17/h4-7,14H,8-13H2,1-3H3. The van der Waals surface area contributed by atoms with Crippen molar-refractivity contribution in [1.82, 2.24) is 34.2 Å². The minimum atomic E-state index is -0.117. The highest BCUT2D eigenvalue weighted by molar-refractivity contribution is 5.37. The van der Waals surface area contributed by atoms with Crippen LogP contribution in [0.4, 0.5) is 5.82 Å². The summed E-state index contributed by atoms with van der Waals surface area (Å²) in [5.74, 6) is 1.46. The van der Waals surface area contributed by atoms with Crippen LogP contribution in [0.3, 0.4) is 0 Å². The van der Waals surface area contributed by atoms with Crippen LogP contribution in [0.15, 0.2) is 39.9 Å². The van der Waals surface area contributed by atoms with Gasteiger partial charge in [-0.25, -0.2) is 14.0 Å². The Labute approximate surface area is 174 Å². The molecule has 0 amide bonds. The van der Waals surface area contributed by atoms with E-state index in [2.05, 4.69) is 25.1 Å². The van der Waals surface area contributed by atoms with Crippen molar-refractivity contribution < 1.29 is 0 Å². The predicted octanol–water partition coefficient (Wildman–Crippen LogP) is -0.0383. The fourth-order valence-electron chi connectivity index (χ4n) is 3.67. The van der Waals surface area contributed by atoms with Crippen LogP contribution in [-0.4, -0.2) is 67.0 Å². The normalized spacial score (nSPS) is 15.0. The first-order valence-electron chi connectivity index (χ1n) is 10.0. The van der Waals surface area contributed by atoms with Crippen LogP contribution in [0.1, 0.15) is 11.4 Å². The van der Waals surface area contributed by atoms with Crippen molar-refractivity contribution >= 4 is 5.82 Å². The maximum absolute atomic E-state index is 12.3. The summed E-state index contributed by atoms with van der Waals surface area (Å²) in [4.78, 5) is 28.3. The third kappa shape index (κ3) is 4.18. The summed E-state index contributed by atoms with van der Waals surface area (Å²) in [5.41, 5.74) is 1.66. The minimum Gasteiger partial charge on any atom is -0.353 e. The van der Waals surface area contributed by atoms with E-state index in [1.165, 1.54) is 9.36 Å². The number of aryl methyl sites for hydroxylation is 3. The lowest BCUT2D eigenvalue weighted by molar-refractivity contribution is 0.242. The van der Waals surface area contributed by atoms with Gasteiger partial charge >= 0.3 is 0 Å². The molecule has 1 aliphatic heterocycles. The summed E-state index contributed by atoms with van der Waals surface area (Å²) in [5, 5.41) is 13.3. The SMILES string of the molecule is Cc1cc(C)n(-c2ccc(=O)n(CCN3CCN(c4ccc(=O)n(C)n4)CC3)n2)n1. The van der Waals surface area contributed by atoms with Gasteiger partial charge in [0.1, 0.15) is 5.82 Å². The average Bonchev–Trinajstić information content (AvgIpc) is 3.08. The summed E-state index contributed by atoms with van der Waals surface area (Å²) in [6.45, 7) is 8.51. The average molecular weight is 410 g/mol. The Kier molecular flexibility index (Phi) is 5.49. The molecule has 1 fully saturated rings. The molecule has 0 radical (unpaired) electrons. The molecular formula is C20H26N8O2. The van der Waals surface area contributed by atoms with E-state index < -0.39 is 0 Å². The fraction of sp³-hybridized carbons (Fsp3) is 0.450. The number of rotatable bonds is 5. The number of hydrogen-bond acceptors (Lipinski definition) is 7. The van der Waals surface area contributed by atoms with Crippen LogP contribution in [0.5, 0.6) is 0 Å². The Morgan fingerprint density at radius 2 is 1.53 bits per heavy atom. The van der Waals surface area contributed by atoms with Crippen molar-refractivity contribution in [1.29, 1.82) is 0 Å². The summed E-state index contributed by atoms with van der Waals surface area (Å²) in [6, 6.07) is 8.55. The molecule has 0 unspecified atom stereocenters. The van der Waals surface area contributed by atoms with Crippen LogP contribution >= 0.6 is 0 Å². The first kappa shape index (κ1) is 20.0. The van der Waals surface area contributed by atoms with Crippen molar-refractivity contribution in [2.45, 2.75) is 20.4 Å². The number of nitrogens with zero attached hydrogens (tertiary/aromatic N) is 8. The highest BCUT2D eigenvalue weighted by atomic mass is 16.1. The predicted molar refractivity (Wildman–Crippen MR) is 113 cm³/mol. The van der Waals surface area contributed by atoms with Crippen LogP contribution in [0.25, 0.3) is 5.82 Å². The van der Waals surface area contributed by atoms with E-state index in [4.69, 9.17) is 0 Å². The van der Waals surface area contributed by atoms with E-state index in [1.54, 1.807) is 36.0 Å². The smallest absolute Gasteiger partial charge is 0.266 e. The van der Waals surface area contributed by atoms with Gasteiger partial charge in [0.15, 0.2) is 5.82 Å². The second-order valence-electron chi connectivity index (χ2n) is 7.57. The zero-order valence-electron chi connectivity index (χ0n) is 17.5. The molecule has 4 heterocycles. The van der Waals surface area contributed by atoms with Crippen molar-refractivity contribution in [3.63, 3.8) is 0 Å². The van der Waals surface area contributed by atoms with E-state index in [-0.39, 0.29) is 11.1 Å². The molecular weight excluding hydrogens is 384 g/mol. The molecule has 0 atom stereocenters. The fourth-order valence-corrected chi connectivity index (χ4v) is 3.67. The first-order valence-corrected chi connectivity index (χ1v) is 10.0. The van der Waals surface area contributed by atoms with Crippen LogP contribution < -0.4 is 16.0 Å². The molecule has 3 aromatic heterocycles. The third-order valence-corrected chi connectivity index (χ3v) is 5.35. The zero-order valence-corrected chi connectivity index (χ0v) is 17.5. The molecule has 10 nitrogen and oxygen atoms in total. The summed E-state index contributed by atoms with van der Waals surface area (Å²) in [7, 11) is 1.66. The van der Waals surface area contributed by atoms with Crippen molar-refractivity contribution in [3.05, 3.63) is 62.4 Å². The number of piperazine rings is 1. The van der Waals surface area contributed by atoms with Gasteiger partial charge in [0, 0.05) is 57.6 Å². The molecule has 0 saturated carbocycles. The van der Waals surface area contributed by atoms with E-state index in [1.807, 2.05) is 19.9 Å². The van der Waals surface area contributed by atoms with E-state index in [0.29, 0.717) is 12.4 Å². The lowest BCUT2D eigenvalue weighted by Crippen LogP contribution is -2.48. The number of anilines is 1. The molecule has 3 aromatic rings. The zero-order chi connectivity index (χ0) is 21.3. The van der Waals surface area contributed by atoms with Crippen LogP contribution in [0, 0.1) is 13.8 Å². The second-order valence-corrected chi connectivity index (χ2v) is 7.57. The summed E-state index contributed by atoms with van der Waals surface area (Å²) in [6.07, 6.45) is 0. The van der Waals surface area contributed by atoms with Gasteiger partial charge in [-0.2, -0.15) is 10.2 Å². The minimum absolute atomic E-state index is 0.113. The lowest BCUT2D eigenvalue weighted by atomic mass is 10.3. The molecule has 4 rings (SSSR count). The first-order chi connectivity index (χ1) is 14.4. The molecule has 1 aliphatic rings. The van der Waals surface area contributed by atoms with Gasteiger partial charge in [-0.3, -0.25) is 14.5 Å². The summed E-state index contributed by atoms with van der Waals surface area (Å²) < 4.78 is 4.62. The molecule has 0 bridgehead atoms. The van der Waals surface area contributed by atoms with E-state index >= 15 is 0 Å². The van der Waals surface area contributed by atoms with Gasteiger partial charge in [-0.15, -0.1) is 5.10 Å². The third-order valence-electron chi connectivity index (χ3n) is 5.35. The Hall–Kier alpha value is -3.27. The van der Waals surface area contributed by atoms with Gasteiger partial charge in [0.05, 0.1) is 12.2 Å². The molecule has 10 heteroatoms. The maximum atomic E-state index is 12.3. The summed E-state index contributed by atoms with van der Waals surface area (Å²) >= 11 is 0. The second kappa shape index (κ2) is 8.23. The molecule has 0 aliphatic carbocycles. The van der Waals surface area contributed by atoms with Gasteiger partial charge in [-0.05, 0) is 32.0 Å². The maximum Gasteiger partial charge on any atom is 0.266 e. The van der Waals surface area contributed by atoms with Crippen LogP contribution in [-0.2, 0) is 13.6 Å². The largest absolute Gasteiger partial charge is 0.353 e.